The van der Waals surface area contributed by atoms with Crippen molar-refractivity contribution in [2.24, 2.45) is 0 Å². The molecular formula is C22H21ClN2O5. The number of nitrogens with one attached hydrogen (secondary N) is 1. The van der Waals surface area contributed by atoms with Crippen LogP contribution in [0.2, 0.25) is 0 Å². The van der Waals surface area contributed by atoms with E-state index >= 15 is 0 Å². The average Bonchev–Trinajstić information content (AvgIpc) is 3.33. The minimum Gasteiger partial charge on any atom is -0.457 e. The Labute approximate surface area is 178 Å². The van der Waals surface area contributed by atoms with Gasteiger partial charge in [-0.3, -0.25) is 19.3 Å². The number of rotatable bonds is 7. The van der Waals surface area contributed by atoms with Gasteiger partial charge in [-0.05, 0) is 55.3 Å². The highest BCUT2D eigenvalue weighted by Crippen LogP contribution is 2.30. The topological polar surface area (TPSA) is 84.9 Å². The van der Waals surface area contributed by atoms with E-state index in [2.05, 4.69) is 5.32 Å². The SMILES string of the molecule is O=C(CCCl)Nc1ccc(Oc2ccc3c(c2)C(=O)N(CC2CCCO2)C3=O)cc1. The number of nitrogens with zero attached hydrogens (tertiary/aromatic N) is 1. The minimum atomic E-state index is -0.326. The van der Waals surface area contributed by atoms with Crippen LogP contribution in [0.3, 0.4) is 0 Å². The summed E-state index contributed by atoms with van der Waals surface area (Å²) in [5, 5.41) is 2.74. The van der Waals surface area contributed by atoms with Crippen molar-refractivity contribution in [3.8, 4) is 11.5 Å². The molecular weight excluding hydrogens is 408 g/mol. The lowest BCUT2D eigenvalue weighted by molar-refractivity contribution is -0.115. The van der Waals surface area contributed by atoms with Crippen LogP contribution in [0.15, 0.2) is 42.5 Å². The summed E-state index contributed by atoms with van der Waals surface area (Å²) < 4.78 is 11.4. The van der Waals surface area contributed by atoms with Crippen LogP contribution in [0, 0.1) is 0 Å². The Morgan fingerprint density at radius 1 is 1.10 bits per heavy atom. The van der Waals surface area contributed by atoms with Gasteiger partial charge in [-0.1, -0.05) is 0 Å². The zero-order chi connectivity index (χ0) is 21.1. The third kappa shape index (κ3) is 4.32. The quantitative estimate of drug-likeness (QED) is 0.535. The summed E-state index contributed by atoms with van der Waals surface area (Å²) in [5.74, 6) is 0.471. The number of anilines is 1. The van der Waals surface area contributed by atoms with Gasteiger partial charge in [0.05, 0.1) is 23.8 Å². The molecule has 2 aliphatic rings. The van der Waals surface area contributed by atoms with E-state index in [1.54, 1.807) is 42.5 Å². The van der Waals surface area contributed by atoms with Crippen LogP contribution in [0.1, 0.15) is 40.0 Å². The van der Waals surface area contributed by atoms with Gasteiger partial charge in [0.15, 0.2) is 0 Å². The summed E-state index contributed by atoms with van der Waals surface area (Å²) in [7, 11) is 0. The monoisotopic (exact) mass is 428 g/mol. The van der Waals surface area contributed by atoms with Crippen molar-refractivity contribution in [2.45, 2.75) is 25.4 Å². The van der Waals surface area contributed by atoms with E-state index in [0.29, 0.717) is 34.9 Å². The highest BCUT2D eigenvalue weighted by Gasteiger charge is 2.37. The van der Waals surface area contributed by atoms with Gasteiger partial charge in [0, 0.05) is 24.6 Å². The predicted octanol–water partition coefficient (Wildman–Crippen LogP) is 3.82. The molecule has 3 amide bonds. The fourth-order valence-electron chi connectivity index (χ4n) is 3.54. The molecule has 0 aromatic heterocycles. The number of hydrogen-bond donors (Lipinski definition) is 1. The van der Waals surface area contributed by atoms with E-state index in [9.17, 15) is 14.4 Å². The van der Waals surface area contributed by atoms with E-state index in [1.807, 2.05) is 0 Å². The van der Waals surface area contributed by atoms with Gasteiger partial charge in [-0.15, -0.1) is 11.6 Å². The van der Waals surface area contributed by atoms with Gasteiger partial charge in [0.1, 0.15) is 11.5 Å². The van der Waals surface area contributed by atoms with Crippen LogP contribution >= 0.6 is 11.6 Å². The molecule has 1 saturated heterocycles. The first-order chi connectivity index (χ1) is 14.5. The molecule has 156 valence electrons. The number of halogens is 1. The molecule has 4 rings (SSSR count). The Kier molecular flexibility index (Phi) is 6.01. The van der Waals surface area contributed by atoms with Gasteiger partial charge in [-0.25, -0.2) is 0 Å². The maximum Gasteiger partial charge on any atom is 0.261 e. The van der Waals surface area contributed by atoms with Crippen LogP contribution in [-0.2, 0) is 9.53 Å². The second kappa shape index (κ2) is 8.85. The summed E-state index contributed by atoms with van der Waals surface area (Å²) in [6.07, 6.45) is 1.95. The van der Waals surface area contributed by atoms with E-state index in [-0.39, 0.29) is 42.7 Å². The Hall–Kier alpha value is -2.90. The second-order valence-electron chi connectivity index (χ2n) is 7.18. The Morgan fingerprint density at radius 3 is 2.53 bits per heavy atom. The molecule has 1 fully saturated rings. The third-order valence-electron chi connectivity index (χ3n) is 5.05. The van der Waals surface area contributed by atoms with Gasteiger partial charge < -0.3 is 14.8 Å². The van der Waals surface area contributed by atoms with E-state index in [1.165, 1.54) is 4.90 Å². The summed E-state index contributed by atoms with van der Waals surface area (Å²) in [6, 6.07) is 11.7. The predicted molar refractivity (Wildman–Crippen MR) is 111 cm³/mol. The number of alkyl halides is 1. The summed E-state index contributed by atoms with van der Waals surface area (Å²) >= 11 is 5.55. The van der Waals surface area contributed by atoms with Crippen molar-refractivity contribution < 1.29 is 23.9 Å². The molecule has 1 unspecified atom stereocenters. The smallest absolute Gasteiger partial charge is 0.261 e. The number of hydrogen-bond acceptors (Lipinski definition) is 5. The van der Waals surface area contributed by atoms with Crippen LogP contribution in [-0.4, -0.2) is 47.8 Å². The van der Waals surface area contributed by atoms with Gasteiger partial charge in [0.2, 0.25) is 5.91 Å². The number of carbonyl (C=O) groups excluding carboxylic acids is 3. The molecule has 7 nitrogen and oxygen atoms in total. The van der Waals surface area contributed by atoms with Gasteiger partial charge in [-0.2, -0.15) is 0 Å². The van der Waals surface area contributed by atoms with Crippen LogP contribution in [0.5, 0.6) is 11.5 Å². The van der Waals surface area contributed by atoms with Crippen molar-refractivity contribution in [3.63, 3.8) is 0 Å². The largest absolute Gasteiger partial charge is 0.457 e. The van der Waals surface area contributed by atoms with Crippen LogP contribution in [0.4, 0.5) is 5.69 Å². The molecule has 1 atom stereocenters. The maximum absolute atomic E-state index is 12.7. The number of carbonyl (C=O) groups is 3. The molecule has 0 radical (unpaired) electrons. The summed E-state index contributed by atoms with van der Waals surface area (Å²) in [4.78, 5) is 38.2. The maximum atomic E-state index is 12.7. The van der Waals surface area contributed by atoms with Crippen molar-refractivity contribution in [1.82, 2.24) is 4.90 Å². The summed E-state index contributed by atoms with van der Waals surface area (Å²) in [6.45, 7) is 0.945. The highest BCUT2D eigenvalue weighted by atomic mass is 35.5. The molecule has 8 heteroatoms. The number of imide groups is 1. The zero-order valence-electron chi connectivity index (χ0n) is 16.2. The Morgan fingerprint density at radius 2 is 1.83 bits per heavy atom. The normalized spacial score (nSPS) is 17.9. The molecule has 0 aliphatic carbocycles. The van der Waals surface area contributed by atoms with E-state index in [4.69, 9.17) is 21.1 Å². The van der Waals surface area contributed by atoms with Crippen LogP contribution < -0.4 is 10.1 Å². The lowest BCUT2D eigenvalue weighted by atomic mass is 10.1. The zero-order valence-corrected chi connectivity index (χ0v) is 17.0. The molecule has 1 N–H and O–H groups in total. The molecule has 2 heterocycles. The van der Waals surface area contributed by atoms with Crippen molar-refractivity contribution in [3.05, 3.63) is 53.6 Å². The first-order valence-electron chi connectivity index (χ1n) is 9.81. The van der Waals surface area contributed by atoms with E-state index in [0.717, 1.165) is 12.8 Å². The minimum absolute atomic E-state index is 0.0913. The van der Waals surface area contributed by atoms with Crippen molar-refractivity contribution in [1.29, 1.82) is 0 Å². The first kappa shape index (κ1) is 20.4. The fourth-order valence-corrected chi connectivity index (χ4v) is 3.71. The molecule has 2 aliphatic heterocycles. The Balaban J connectivity index is 1.44. The molecule has 2 aromatic rings. The van der Waals surface area contributed by atoms with Gasteiger partial charge >= 0.3 is 0 Å². The second-order valence-corrected chi connectivity index (χ2v) is 7.55. The van der Waals surface area contributed by atoms with Crippen molar-refractivity contribution >= 4 is 35.0 Å². The molecule has 2 aromatic carbocycles. The first-order valence-corrected chi connectivity index (χ1v) is 10.3. The van der Waals surface area contributed by atoms with Crippen LogP contribution in [0.25, 0.3) is 0 Å². The third-order valence-corrected chi connectivity index (χ3v) is 5.24. The molecule has 0 bridgehead atoms. The number of amides is 3. The standard InChI is InChI=1S/C22H21ClN2O5/c23-10-9-20(26)24-14-3-5-15(6-4-14)30-16-7-8-18-19(12-16)22(28)25(21(18)27)13-17-2-1-11-29-17/h3-8,12,17H,1-2,9-11,13H2,(H,24,26). The molecule has 0 spiro atoms. The van der Waals surface area contributed by atoms with E-state index < -0.39 is 0 Å². The number of fused-ring (bicyclic) bond motifs is 1. The fraction of sp³-hybridized carbons (Fsp3) is 0.318. The Bertz CT molecular complexity index is 970. The molecule has 0 saturated carbocycles. The lowest BCUT2D eigenvalue weighted by Gasteiger charge is -2.17. The lowest BCUT2D eigenvalue weighted by Crippen LogP contribution is -2.36. The number of benzene rings is 2. The average molecular weight is 429 g/mol. The summed E-state index contributed by atoms with van der Waals surface area (Å²) in [5.41, 5.74) is 1.35. The number of ether oxygens (including phenoxy) is 2. The molecule has 30 heavy (non-hydrogen) atoms. The van der Waals surface area contributed by atoms with Crippen molar-refractivity contribution in [2.75, 3.05) is 24.3 Å². The van der Waals surface area contributed by atoms with Gasteiger partial charge in [0.25, 0.3) is 11.8 Å². The highest BCUT2D eigenvalue weighted by molar-refractivity contribution is 6.21.